The standard InChI is InChI=1S/C8H10N2O6/c11-2-4-3(12)1-8(16-4)5(13)9-7(15)10-6(8)14/h3-4,11-12H,1-2H2,(H2,9,10,13,14,15)/t3-,4+/m0/s1. The van der Waals surface area contributed by atoms with Crippen LogP contribution in [0.25, 0.3) is 0 Å². The SMILES string of the molecule is O=C1NC(=O)C2(C[C@H](O)[C@@H](CO)O2)C(=O)N1. The maximum atomic E-state index is 11.5. The lowest BCUT2D eigenvalue weighted by molar-refractivity contribution is -0.161. The lowest BCUT2D eigenvalue weighted by atomic mass is 9.95. The molecular weight excluding hydrogens is 220 g/mol. The highest BCUT2D eigenvalue weighted by atomic mass is 16.6. The second-order valence-electron chi connectivity index (χ2n) is 3.67. The summed E-state index contributed by atoms with van der Waals surface area (Å²) in [6, 6.07) is -0.925. The Morgan fingerprint density at radius 3 is 2.31 bits per heavy atom. The van der Waals surface area contributed by atoms with Crippen molar-refractivity contribution in [1.29, 1.82) is 0 Å². The zero-order chi connectivity index (χ0) is 11.9. The molecule has 88 valence electrons. The molecule has 0 saturated carbocycles. The van der Waals surface area contributed by atoms with Gasteiger partial charge in [-0.1, -0.05) is 0 Å². The first kappa shape index (κ1) is 11.0. The number of aliphatic hydroxyl groups is 2. The van der Waals surface area contributed by atoms with E-state index in [0.717, 1.165) is 0 Å². The number of urea groups is 1. The zero-order valence-corrected chi connectivity index (χ0v) is 8.10. The van der Waals surface area contributed by atoms with E-state index in [1.807, 2.05) is 10.6 Å². The predicted octanol–water partition coefficient (Wildman–Crippen LogP) is -2.77. The van der Waals surface area contributed by atoms with Gasteiger partial charge in [0.2, 0.25) is 5.60 Å². The summed E-state index contributed by atoms with van der Waals surface area (Å²) in [5.41, 5.74) is -1.92. The molecule has 4 N–H and O–H groups in total. The summed E-state index contributed by atoms with van der Waals surface area (Å²) in [4.78, 5) is 33.9. The van der Waals surface area contributed by atoms with E-state index in [1.165, 1.54) is 0 Å². The van der Waals surface area contributed by atoms with Crippen molar-refractivity contribution >= 4 is 17.8 Å². The van der Waals surface area contributed by atoms with Gasteiger partial charge in [-0.05, 0) is 0 Å². The largest absolute Gasteiger partial charge is 0.394 e. The van der Waals surface area contributed by atoms with E-state index < -0.39 is 42.3 Å². The van der Waals surface area contributed by atoms with Crippen LogP contribution in [0.1, 0.15) is 6.42 Å². The second-order valence-corrected chi connectivity index (χ2v) is 3.67. The first-order chi connectivity index (χ1) is 7.49. The minimum atomic E-state index is -1.92. The number of carbonyl (C=O) groups is 3. The predicted molar refractivity (Wildman–Crippen MR) is 47.0 cm³/mol. The van der Waals surface area contributed by atoms with E-state index >= 15 is 0 Å². The van der Waals surface area contributed by atoms with Crippen LogP contribution in [0.3, 0.4) is 0 Å². The Bertz CT molecular complexity index is 348. The molecule has 0 unspecified atom stereocenters. The Hall–Kier alpha value is -1.51. The molecule has 16 heavy (non-hydrogen) atoms. The summed E-state index contributed by atoms with van der Waals surface area (Å²) in [5, 5.41) is 22.1. The van der Waals surface area contributed by atoms with Crippen molar-refractivity contribution in [2.24, 2.45) is 0 Å². The number of aliphatic hydroxyl groups excluding tert-OH is 2. The Morgan fingerprint density at radius 1 is 1.31 bits per heavy atom. The first-order valence-corrected chi connectivity index (χ1v) is 4.63. The van der Waals surface area contributed by atoms with Crippen LogP contribution in [-0.4, -0.2) is 52.5 Å². The number of barbiturate groups is 1. The molecule has 2 aliphatic heterocycles. The van der Waals surface area contributed by atoms with Gasteiger partial charge < -0.3 is 14.9 Å². The van der Waals surface area contributed by atoms with Crippen LogP contribution in [0, 0.1) is 0 Å². The average molecular weight is 230 g/mol. The molecular formula is C8H10N2O6. The van der Waals surface area contributed by atoms with Gasteiger partial charge in [-0.15, -0.1) is 0 Å². The average Bonchev–Trinajstić information content (AvgIpc) is 2.54. The van der Waals surface area contributed by atoms with Gasteiger partial charge in [0.05, 0.1) is 12.7 Å². The lowest BCUT2D eigenvalue weighted by Crippen LogP contribution is -2.66. The van der Waals surface area contributed by atoms with E-state index in [2.05, 4.69) is 0 Å². The molecule has 2 heterocycles. The van der Waals surface area contributed by atoms with E-state index in [-0.39, 0.29) is 6.42 Å². The molecule has 0 aromatic carbocycles. The van der Waals surface area contributed by atoms with Crippen LogP contribution in [0.15, 0.2) is 0 Å². The Balaban J connectivity index is 2.28. The molecule has 0 aliphatic carbocycles. The molecule has 0 aromatic heterocycles. The topological polar surface area (TPSA) is 125 Å². The van der Waals surface area contributed by atoms with Crippen molar-refractivity contribution in [3.63, 3.8) is 0 Å². The molecule has 1 spiro atoms. The highest BCUT2D eigenvalue weighted by molar-refractivity contribution is 6.21. The van der Waals surface area contributed by atoms with Crippen molar-refractivity contribution < 1.29 is 29.3 Å². The highest BCUT2D eigenvalue weighted by Crippen LogP contribution is 2.32. The van der Waals surface area contributed by atoms with Gasteiger partial charge in [0, 0.05) is 6.42 Å². The van der Waals surface area contributed by atoms with Crippen LogP contribution in [0.4, 0.5) is 4.79 Å². The summed E-state index contributed by atoms with van der Waals surface area (Å²) in [5.74, 6) is -1.84. The van der Waals surface area contributed by atoms with Crippen molar-refractivity contribution in [3.8, 4) is 0 Å². The third kappa shape index (κ3) is 1.39. The van der Waals surface area contributed by atoms with E-state index in [0.29, 0.717) is 0 Å². The van der Waals surface area contributed by atoms with Gasteiger partial charge in [0.1, 0.15) is 6.10 Å². The fraction of sp³-hybridized carbons (Fsp3) is 0.625. The monoisotopic (exact) mass is 230 g/mol. The number of hydrogen-bond acceptors (Lipinski definition) is 6. The number of carbonyl (C=O) groups excluding carboxylic acids is 3. The second kappa shape index (κ2) is 3.51. The zero-order valence-electron chi connectivity index (χ0n) is 8.10. The van der Waals surface area contributed by atoms with Gasteiger partial charge in [-0.25, -0.2) is 4.79 Å². The van der Waals surface area contributed by atoms with Crippen LogP contribution >= 0.6 is 0 Å². The molecule has 0 aromatic rings. The Labute approximate surface area is 89.6 Å². The fourth-order valence-corrected chi connectivity index (χ4v) is 1.80. The van der Waals surface area contributed by atoms with Gasteiger partial charge in [-0.2, -0.15) is 0 Å². The molecule has 8 nitrogen and oxygen atoms in total. The fourth-order valence-electron chi connectivity index (χ4n) is 1.80. The minimum absolute atomic E-state index is 0.289. The smallest absolute Gasteiger partial charge is 0.328 e. The molecule has 0 bridgehead atoms. The number of nitrogens with one attached hydrogen (secondary N) is 2. The van der Waals surface area contributed by atoms with Crippen LogP contribution in [-0.2, 0) is 14.3 Å². The summed E-state index contributed by atoms with van der Waals surface area (Å²) in [6.45, 7) is -0.516. The van der Waals surface area contributed by atoms with Gasteiger partial charge in [0.25, 0.3) is 11.8 Å². The van der Waals surface area contributed by atoms with Crippen LogP contribution < -0.4 is 10.6 Å². The van der Waals surface area contributed by atoms with Gasteiger partial charge >= 0.3 is 6.03 Å². The highest BCUT2D eigenvalue weighted by Gasteiger charge is 2.59. The van der Waals surface area contributed by atoms with Crippen molar-refractivity contribution in [1.82, 2.24) is 10.6 Å². The van der Waals surface area contributed by atoms with Gasteiger partial charge in [-0.3, -0.25) is 20.2 Å². The van der Waals surface area contributed by atoms with Gasteiger partial charge in [0.15, 0.2) is 0 Å². The summed E-state index contributed by atoms with van der Waals surface area (Å²) < 4.78 is 5.05. The van der Waals surface area contributed by atoms with E-state index in [4.69, 9.17) is 9.84 Å². The maximum absolute atomic E-state index is 11.5. The third-order valence-electron chi connectivity index (χ3n) is 2.65. The third-order valence-corrected chi connectivity index (χ3v) is 2.65. The maximum Gasteiger partial charge on any atom is 0.328 e. The van der Waals surface area contributed by atoms with Crippen molar-refractivity contribution in [3.05, 3.63) is 0 Å². The number of imide groups is 2. The summed E-state index contributed by atoms with van der Waals surface area (Å²) >= 11 is 0. The van der Waals surface area contributed by atoms with E-state index in [9.17, 15) is 19.5 Å². The lowest BCUT2D eigenvalue weighted by Gasteiger charge is -2.29. The Kier molecular flexibility index (Phi) is 2.41. The molecule has 2 atom stereocenters. The number of ether oxygens (including phenoxy) is 1. The molecule has 0 radical (unpaired) electrons. The van der Waals surface area contributed by atoms with Crippen LogP contribution in [0.5, 0.6) is 0 Å². The molecule has 4 amide bonds. The molecule has 2 fully saturated rings. The summed E-state index contributed by atoms with van der Waals surface area (Å²) in [7, 11) is 0. The quantitative estimate of drug-likeness (QED) is 0.361. The Morgan fingerprint density at radius 2 is 1.88 bits per heavy atom. The number of hydrogen-bond donors (Lipinski definition) is 4. The minimum Gasteiger partial charge on any atom is -0.394 e. The first-order valence-electron chi connectivity index (χ1n) is 4.63. The van der Waals surface area contributed by atoms with Crippen LogP contribution in [0.2, 0.25) is 0 Å². The van der Waals surface area contributed by atoms with E-state index in [1.54, 1.807) is 0 Å². The molecule has 8 heteroatoms. The molecule has 2 rings (SSSR count). The van der Waals surface area contributed by atoms with Crippen molar-refractivity contribution in [2.75, 3.05) is 6.61 Å². The summed E-state index contributed by atoms with van der Waals surface area (Å²) in [6.07, 6.45) is -2.43. The number of amides is 4. The normalized spacial score (nSPS) is 32.8. The molecule has 2 aliphatic rings. The molecule has 2 saturated heterocycles. The number of rotatable bonds is 1. The van der Waals surface area contributed by atoms with Crippen molar-refractivity contribution in [2.45, 2.75) is 24.2 Å².